The van der Waals surface area contributed by atoms with Crippen LogP contribution in [0.15, 0.2) is 67.6 Å². The Hall–Kier alpha value is -5.11. The van der Waals surface area contributed by atoms with E-state index in [-0.39, 0.29) is 42.2 Å². The second-order valence-electron chi connectivity index (χ2n) is 11.4. The predicted octanol–water partition coefficient (Wildman–Crippen LogP) is 5.50. The van der Waals surface area contributed by atoms with Crippen LogP contribution >= 0.6 is 0 Å². The fourth-order valence-electron chi connectivity index (χ4n) is 5.74. The van der Waals surface area contributed by atoms with Crippen molar-refractivity contribution in [3.8, 4) is 17.2 Å². The highest BCUT2D eigenvalue weighted by atomic mass is 19.3. The van der Waals surface area contributed by atoms with Crippen molar-refractivity contribution in [1.29, 1.82) is 0 Å². The van der Waals surface area contributed by atoms with Gasteiger partial charge < -0.3 is 35.0 Å². The number of nitrogens with one attached hydrogen (secondary N) is 2. The van der Waals surface area contributed by atoms with Crippen LogP contribution in [0.5, 0.6) is 17.2 Å². The number of rotatable bonds is 9. The molecule has 3 N–H and O–H groups in total. The maximum atomic E-state index is 15.4. The van der Waals surface area contributed by atoms with Gasteiger partial charge in [0, 0.05) is 55.5 Å². The lowest BCUT2D eigenvalue weighted by atomic mass is 10.0. The summed E-state index contributed by atoms with van der Waals surface area (Å²) in [5, 5.41) is 16.8. The summed E-state index contributed by atoms with van der Waals surface area (Å²) in [6.45, 7) is 4.32. The Balaban J connectivity index is 1.17. The molecule has 11 nitrogen and oxygen atoms in total. The number of hydrogen-bond acceptors (Lipinski definition) is 10. The van der Waals surface area contributed by atoms with E-state index in [0.29, 0.717) is 41.3 Å². The first-order chi connectivity index (χ1) is 22.6. The van der Waals surface area contributed by atoms with Crippen LogP contribution in [0.1, 0.15) is 19.3 Å². The van der Waals surface area contributed by atoms with E-state index in [1.165, 1.54) is 41.7 Å². The summed E-state index contributed by atoms with van der Waals surface area (Å²) in [4.78, 5) is 28.0. The number of ether oxygens (including phenoxy) is 2. The fourth-order valence-corrected chi connectivity index (χ4v) is 5.74. The molecule has 2 aromatic carbocycles. The number of piperidine rings is 2. The number of pyridine rings is 1. The first-order valence-corrected chi connectivity index (χ1v) is 15.2. The van der Waals surface area contributed by atoms with Crippen molar-refractivity contribution in [2.24, 2.45) is 0 Å². The standard InChI is InChI=1S/C33H34F3N7O4/c1-3-31(45)42-11-7-20(8-12-42)40-27-16-23-26(17-28(27)46-2)38-19-39-32(23)41-25-5-4-21(14-24(25)34)47-22-6-10-37-30(15-22)43-13-9-29(44)33(35,36)18-43/h3-6,10,14-17,19-20,29,40,44H,1,7-9,11-13,18H2,2H3,(H,38,39,41). The Bertz CT molecular complexity index is 1780. The zero-order valence-corrected chi connectivity index (χ0v) is 25.6. The molecule has 1 unspecified atom stereocenters. The molecule has 2 fully saturated rings. The molecule has 2 saturated heterocycles. The van der Waals surface area contributed by atoms with E-state index in [1.54, 1.807) is 30.2 Å². The highest BCUT2D eigenvalue weighted by Crippen LogP contribution is 2.36. The highest BCUT2D eigenvalue weighted by Gasteiger charge is 2.44. The van der Waals surface area contributed by atoms with Crippen LogP contribution in [-0.4, -0.2) is 82.2 Å². The molecule has 47 heavy (non-hydrogen) atoms. The van der Waals surface area contributed by atoms with Gasteiger partial charge >= 0.3 is 0 Å². The van der Waals surface area contributed by atoms with Gasteiger partial charge in [0.15, 0.2) is 0 Å². The maximum Gasteiger partial charge on any atom is 0.290 e. The number of nitrogens with zero attached hydrogens (tertiary/aromatic N) is 5. The molecule has 4 heterocycles. The Morgan fingerprint density at radius 2 is 1.83 bits per heavy atom. The number of benzene rings is 2. The molecule has 6 rings (SSSR count). The van der Waals surface area contributed by atoms with Gasteiger partial charge in [0.25, 0.3) is 5.92 Å². The second-order valence-corrected chi connectivity index (χ2v) is 11.4. The zero-order valence-electron chi connectivity index (χ0n) is 25.6. The number of halogens is 3. The average Bonchev–Trinajstić information content (AvgIpc) is 3.07. The molecule has 2 aliphatic heterocycles. The third-order valence-corrected chi connectivity index (χ3v) is 8.33. The molecule has 1 amide bonds. The molecule has 14 heteroatoms. The molecule has 2 aliphatic rings. The quantitative estimate of drug-likeness (QED) is 0.200. The molecule has 2 aromatic heterocycles. The molecule has 0 radical (unpaired) electrons. The van der Waals surface area contributed by atoms with E-state index in [9.17, 15) is 18.7 Å². The minimum Gasteiger partial charge on any atom is -0.495 e. The van der Waals surface area contributed by atoms with Crippen molar-refractivity contribution in [3.05, 3.63) is 73.5 Å². The van der Waals surface area contributed by atoms with Crippen LogP contribution in [0, 0.1) is 5.82 Å². The highest BCUT2D eigenvalue weighted by molar-refractivity contribution is 5.95. The maximum absolute atomic E-state index is 15.4. The topological polar surface area (TPSA) is 125 Å². The third kappa shape index (κ3) is 7.02. The summed E-state index contributed by atoms with van der Waals surface area (Å²) in [5.41, 5.74) is 1.45. The van der Waals surface area contributed by atoms with Crippen molar-refractivity contribution < 1.29 is 32.5 Å². The largest absolute Gasteiger partial charge is 0.495 e. The Morgan fingerprint density at radius 3 is 2.55 bits per heavy atom. The molecule has 246 valence electrons. The molecule has 0 bridgehead atoms. The second kappa shape index (κ2) is 13.3. The fraction of sp³-hybridized carbons (Fsp3) is 0.333. The van der Waals surface area contributed by atoms with Gasteiger partial charge in [-0.25, -0.2) is 28.1 Å². The lowest BCUT2D eigenvalue weighted by molar-refractivity contribution is -0.126. The minimum atomic E-state index is -3.26. The van der Waals surface area contributed by atoms with Crippen LogP contribution < -0.4 is 25.0 Å². The van der Waals surface area contributed by atoms with Gasteiger partial charge in [0.05, 0.1) is 30.5 Å². The molecule has 0 aliphatic carbocycles. The van der Waals surface area contributed by atoms with E-state index >= 15 is 4.39 Å². The summed E-state index contributed by atoms with van der Waals surface area (Å²) in [6, 6.07) is 11.1. The number of fused-ring (bicyclic) bond motifs is 1. The van der Waals surface area contributed by atoms with Crippen molar-refractivity contribution in [2.75, 3.05) is 48.8 Å². The minimum absolute atomic E-state index is 0.0808. The summed E-state index contributed by atoms with van der Waals surface area (Å²) < 4.78 is 55.0. The molecular weight excluding hydrogens is 615 g/mol. The lowest BCUT2D eigenvalue weighted by Gasteiger charge is -2.36. The number of anilines is 4. The summed E-state index contributed by atoms with van der Waals surface area (Å²) >= 11 is 0. The van der Waals surface area contributed by atoms with Gasteiger partial charge in [-0.3, -0.25) is 4.79 Å². The Morgan fingerprint density at radius 1 is 1.04 bits per heavy atom. The van der Waals surface area contributed by atoms with Gasteiger partial charge in [-0.1, -0.05) is 6.58 Å². The van der Waals surface area contributed by atoms with Crippen LogP contribution in [0.25, 0.3) is 10.9 Å². The van der Waals surface area contributed by atoms with Crippen molar-refractivity contribution in [3.63, 3.8) is 0 Å². The number of hydrogen-bond donors (Lipinski definition) is 3. The molecular formula is C33H34F3N7O4. The summed E-state index contributed by atoms with van der Waals surface area (Å²) in [5.74, 6) is -2.24. The number of alkyl halides is 2. The first-order valence-electron chi connectivity index (χ1n) is 15.2. The normalized spacial score (nSPS) is 18.1. The monoisotopic (exact) mass is 649 g/mol. The third-order valence-electron chi connectivity index (χ3n) is 8.33. The van der Waals surface area contributed by atoms with Crippen molar-refractivity contribution in [2.45, 2.75) is 37.3 Å². The molecule has 0 spiro atoms. The SMILES string of the molecule is C=CC(=O)N1CCC(Nc2cc3c(Nc4ccc(Oc5ccnc(N6CCC(O)C(F)(F)C6)c5)cc4F)ncnc3cc2OC)CC1. The van der Waals surface area contributed by atoms with Crippen LogP contribution in [0.2, 0.25) is 0 Å². The van der Waals surface area contributed by atoms with Gasteiger partial charge in [-0.15, -0.1) is 0 Å². The zero-order chi connectivity index (χ0) is 33.1. The Labute approximate surface area is 269 Å². The average molecular weight is 650 g/mol. The van der Waals surface area contributed by atoms with E-state index < -0.39 is 24.4 Å². The number of aliphatic hydroxyl groups excluding tert-OH is 1. The number of aliphatic hydroxyl groups is 1. The smallest absolute Gasteiger partial charge is 0.290 e. The van der Waals surface area contributed by atoms with Gasteiger partial charge in [-0.2, -0.15) is 0 Å². The van der Waals surface area contributed by atoms with Crippen LogP contribution in [0.4, 0.5) is 36.2 Å². The summed E-state index contributed by atoms with van der Waals surface area (Å²) in [6.07, 6.45) is 3.83. The first kappa shape index (κ1) is 31.9. The number of aromatic nitrogens is 3. The summed E-state index contributed by atoms with van der Waals surface area (Å²) in [7, 11) is 1.57. The van der Waals surface area contributed by atoms with Gasteiger partial charge in [-0.05, 0) is 49.6 Å². The van der Waals surface area contributed by atoms with Gasteiger partial charge in [0.2, 0.25) is 5.91 Å². The molecule has 4 aromatic rings. The number of likely N-dealkylation sites (tertiary alicyclic amines) is 1. The predicted molar refractivity (Wildman–Crippen MR) is 171 cm³/mol. The molecule has 0 saturated carbocycles. The van der Waals surface area contributed by atoms with Crippen molar-refractivity contribution in [1.82, 2.24) is 19.9 Å². The van der Waals surface area contributed by atoms with E-state index in [0.717, 1.165) is 18.5 Å². The number of carbonyl (C=O) groups excluding carboxylic acids is 1. The van der Waals surface area contributed by atoms with Gasteiger partial charge in [0.1, 0.15) is 47.1 Å². The van der Waals surface area contributed by atoms with E-state index in [2.05, 4.69) is 32.2 Å². The van der Waals surface area contributed by atoms with Crippen molar-refractivity contribution >= 4 is 39.8 Å². The van der Waals surface area contributed by atoms with Crippen LogP contribution in [0.3, 0.4) is 0 Å². The van der Waals surface area contributed by atoms with E-state index in [1.807, 2.05) is 6.07 Å². The Kier molecular flexibility index (Phi) is 9.03. The molecule has 1 atom stereocenters. The number of carbonyl (C=O) groups is 1. The number of amides is 1. The van der Waals surface area contributed by atoms with E-state index in [4.69, 9.17) is 9.47 Å². The number of methoxy groups -OCH3 is 1. The van der Waals surface area contributed by atoms with Crippen LogP contribution in [-0.2, 0) is 4.79 Å². The lowest BCUT2D eigenvalue weighted by Crippen LogP contribution is -2.51.